The standard InChI is InChI=1S/C17H23NO4/c1-4-22-14(19)10-17(3)15(20)12(2)18(16(17)21)11-13-8-6-5-7-9-13/h5-9,12,15,20H,4,10-11H2,1-3H3/t12-,15+,17-/m1/s1. The summed E-state index contributed by atoms with van der Waals surface area (Å²) in [5.41, 5.74) is -0.129. The Hall–Kier alpha value is -1.88. The van der Waals surface area contributed by atoms with E-state index in [9.17, 15) is 14.7 Å². The van der Waals surface area contributed by atoms with Crippen molar-refractivity contribution in [3.05, 3.63) is 35.9 Å². The largest absolute Gasteiger partial charge is 0.466 e. The molecule has 2 rings (SSSR count). The van der Waals surface area contributed by atoms with E-state index >= 15 is 0 Å². The van der Waals surface area contributed by atoms with Crippen LogP contribution in [0.15, 0.2) is 30.3 Å². The van der Waals surface area contributed by atoms with Gasteiger partial charge in [-0.2, -0.15) is 0 Å². The summed E-state index contributed by atoms with van der Waals surface area (Å²) in [6, 6.07) is 9.27. The number of esters is 1. The molecule has 1 aromatic carbocycles. The molecule has 1 aliphatic heterocycles. The average Bonchev–Trinajstić information content (AvgIpc) is 2.64. The lowest BCUT2D eigenvalue weighted by Gasteiger charge is -2.24. The normalized spacial score (nSPS) is 28.0. The number of carbonyl (C=O) groups excluding carboxylic acids is 2. The van der Waals surface area contributed by atoms with Gasteiger partial charge in [0.1, 0.15) is 0 Å². The Bertz CT molecular complexity index is 545. The molecule has 0 unspecified atom stereocenters. The van der Waals surface area contributed by atoms with Crippen molar-refractivity contribution in [2.75, 3.05) is 6.61 Å². The van der Waals surface area contributed by atoms with Crippen LogP contribution in [-0.4, -0.2) is 40.6 Å². The average molecular weight is 305 g/mol. The van der Waals surface area contributed by atoms with Crippen LogP contribution in [-0.2, 0) is 20.9 Å². The highest BCUT2D eigenvalue weighted by molar-refractivity contribution is 5.90. The second-order valence-corrected chi connectivity index (χ2v) is 6.00. The molecule has 22 heavy (non-hydrogen) atoms. The van der Waals surface area contributed by atoms with E-state index in [0.717, 1.165) is 5.56 Å². The predicted molar refractivity (Wildman–Crippen MR) is 81.8 cm³/mol. The molecule has 0 aromatic heterocycles. The number of hydrogen-bond acceptors (Lipinski definition) is 4. The third-order valence-electron chi connectivity index (χ3n) is 4.36. The van der Waals surface area contributed by atoms with Crippen LogP contribution in [0.3, 0.4) is 0 Å². The first-order valence-corrected chi connectivity index (χ1v) is 7.59. The van der Waals surface area contributed by atoms with E-state index < -0.39 is 17.5 Å². The zero-order valence-corrected chi connectivity index (χ0v) is 13.3. The minimum absolute atomic E-state index is 0.101. The maximum atomic E-state index is 12.8. The van der Waals surface area contributed by atoms with Gasteiger partial charge in [0.2, 0.25) is 5.91 Å². The maximum Gasteiger partial charge on any atom is 0.306 e. The molecule has 0 radical (unpaired) electrons. The van der Waals surface area contributed by atoms with Crippen molar-refractivity contribution in [3.8, 4) is 0 Å². The number of aliphatic hydroxyl groups excluding tert-OH is 1. The molecule has 5 nitrogen and oxygen atoms in total. The number of aliphatic hydroxyl groups is 1. The summed E-state index contributed by atoms with van der Waals surface area (Å²) in [6.45, 7) is 5.86. The molecule has 1 saturated heterocycles. The lowest BCUT2D eigenvalue weighted by atomic mass is 9.81. The fourth-order valence-electron chi connectivity index (χ4n) is 3.03. The number of likely N-dealkylation sites (tertiary alicyclic amines) is 1. The molecule has 0 saturated carbocycles. The van der Waals surface area contributed by atoms with E-state index in [0.29, 0.717) is 6.54 Å². The van der Waals surface area contributed by atoms with Crippen molar-refractivity contribution in [1.82, 2.24) is 4.90 Å². The summed E-state index contributed by atoms with van der Waals surface area (Å²) < 4.78 is 4.93. The van der Waals surface area contributed by atoms with E-state index in [1.807, 2.05) is 37.3 Å². The molecule has 1 N–H and O–H groups in total. The highest BCUT2D eigenvalue weighted by Gasteiger charge is 2.55. The molecule has 1 aliphatic rings. The summed E-state index contributed by atoms with van der Waals surface area (Å²) in [7, 11) is 0. The molecule has 120 valence electrons. The van der Waals surface area contributed by atoms with Gasteiger partial charge in [0.05, 0.1) is 30.6 Å². The summed E-state index contributed by atoms with van der Waals surface area (Å²) in [5.74, 6) is -0.657. The van der Waals surface area contributed by atoms with Gasteiger partial charge >= 0.3 is 5.97 Å². The van der Waals surface area contributed by atoms with Crippen molar-refractivity contribution < 1.29 is 19.4 Å². The molecule has 0 aliphatic carbocycles. The van der Waals surface area contributed by atoms with Gasteiger partial charge in [0.25, 0.3) is 0 Å². The molecule has 1 heterocycles. The summed E-state index contributed by atoms with van der Waals surface area (Å²) >= 11 is 0. The second kappa shape index (κ2) is 6.48. The number of nitrogens with zero attached hydrogens (tertiary/aromatic N) is 1. The monoisotopic (exact) mass is 305 g/mol. The lowest BCUT2D eigenvalue weighted by Crippen LogP contribution is -2.38. The predicted octanol–water partition coefficient (Wildman–Crippen LogP) is 1.74. The van der Waals surface area contributed by atoms with Gasteiger partial charge in [0.15, 0.2) is 0 Å². The Morgan fingerprint density at radius 2 is 2.00 bits per heavy atom. The van der Waals surface area contributed by atoms with Gasteiger partial charge < -0.3 is 14.7 Å². The molecule has 3 atom stereocenters. The smallest absolute Gasteiger partial charge is 0.306 e. The van der Waals surface area contributed by atoms with Gasteiger partial charge in [0, 0.05) is 6.54 Å². The third kappa shape index (κ3) is 2.99. The molecule has 1 aromatic rings. The Morgan fingerprint density at radius 1 is 1.36 bits per heavy atom. The topological polar surface area (TPSA) is 66.8 Å². The lowest BCUT2D eigenvalue weighted by molar-refractivity contribution is -0.152. The van der Waals surface area contributed by atoms with Crippen LogP contribution < -0.4 is 0 Å². The highest BCUT2D eigenvalue weighted by atomic mass is 16.5. The van der Waals surface area contributed by atoms with E-state index in [1.54, 1.807) is 18.7 Å². The zero-order valence-electron chi connectivity index (χ0n) is 13.3. The van der Waals surface area contributed by atoms with E-state index in [1.165, 1.54) is 0 Å². The Kier molecular flexibility index (Phi) is 4.86. The van der Waals surface area contributed by atoms with Crippen molar-refractivity contribution in [2.24, 2.45) is 5.41 Å². The minimum atomic E-state index is -1.12. The number of amides is 1. The maximum absolute atomic E-state index is 12.8. The van der Waals surface area contributed by atoms with E-state index in [-0.39, 0.29) is 25.0 Å². The molecule has 0 spiro atoms. The highest BCUT2D eigenvalue weighted by Crippen LogP contribution is 2.40. The molecular formula is C17H23NO4. The number of carbonyl (C=O) groups is 2. The van der Waals surface area contributed by atoms with Crippen molar-refractivity contribution in [2.45, 2.75) is 45.9 Å². The number of ether oxygens (including phenoxy) is 1. The minimum Gasteiger partial charge on any atom is -0.466 e. The van der Waals surface area contributed by atoms with Gasteiger partial charge in [-0.1, -0.05) is 30.3 Å². The van der Waals surface area contributed by atoms with E-state index in [4.69, 9.17) is 4.74 Å². The third-order valence-corrected chi connectivity index (χ3v) is 4.36. The van der Waals surface area contributed by atoms with Crippen LogP contribution in [0.5, 0.6) is 0 Å². The molecular weight excluding hydrogens is 282 g/mol. The summed E-state index contributed by atoms with van der Waals surface area (Å²) in [6.07, 6.45) is -0.996. The second-order valence-electron chi connectivity index (χ2n) is 6.00. The van der Waals surface area contributed by atoms with E-state index in [2.05, 4.69) is 0 Å². The van der Waals surface area contributed by atoms with Gasteiger partial charge in [-0.25, -0.2) is 0 Å². The Morgan fingerprint density at radius 3 is 2.59 bits per heavy atom. The number of hydrogen-bond donors (Lipinski definition) is 1. The summed E-state index contributed by atoms with van der Waals surface area (Å²) in [4.78, 5) is 26.2. The fourth-order valence-corrected chi connectivity index (χ4v) is 3.03. The van der Waals surface area contributed by atoms with Gasteiger partial charge in [-0.05, 0) is 26.3 Å². The first-order chi connectivity index (χ1) is 10.4. The van der Waals surface area contributed by atoms with Crippen molar-refractivity contribution in [3.63, 3.8) is 0 Å². The quantitative estimate of drug-likeness (QED) is 0.842. The molecule has 1 fully saturated rings. The molecule has 1 amide bonds. The van der Waals surface area contributed by atoms with Crippen LogP contribution in [0, 0.1) is 5.41 Å². The van der Waals surface area contributed by atoms with Gasteiger partial charge in [-0.15, -0.1) is 0 Å². The van der Waals surface area contributed by atoms with Crippen molar-refractivity contribution >= 4 is 11.9 Å². The van der Waals surface area contributed by atoms with Crippen LogP contribution in [0.2, 0.25) is 0 Å². The number of benzene rings is 1. The van der Waals surface area contributed by atoms with Crippen molar-refractivity contribution in [1.29, 1.82) is 0 Å². The van der Waals surface area contributed by atoms with Crippen LogP contribution in [0.1, 0.15) is 32.8 Å². The van der Waals surface area contributed by atoms with Crippen LogP contribution in [0.25, 0.3) is 0 Å². The summed E-state index contributed by atoms with van der Waals surface area (Å²) in [5, 5.41) is 10.5. The van der Waals surface area contributed by atoms with Crippen LogP contribution in [0.4, 0.5) is 0 Å². The Balaban J connectivity index is 2.18. The van der Waals surface area contributed by atoms with Crippen LogP contribution >= 0.6 is 0 Å². The van der Waals surface area contributed by atoms with Gasteiger partial charge in [-0.3, -0.25) is 9.59 Å². The Labute approximate surface area is 130 Å². The SMILES string of the molecule is CCOC(=O)C[C@@]1(C)C(=O)N(Cc2ccccc2)[C@H](C)[C@@H]1O. The molecule has 0 bridgehead atoms. The molecule has 5 heteroatoms. The first kappa shape index (κ1) is 16.5. The fraction of sp³-hybridized carbons (Fsp3) is 0.529. The first-order valence-electron chi connectivity index (χ1n) is 7.59. The zero-order chi connectivity index (χ0) is 16.3. The number of rotatable bonds is 5.